The van der Waals surface area contributed by atoms with Gasteiger partial charge in [-0.05, 0) is 12.2 Å². The van der Waals surface area contributed by atoms with Gasteiger partial charge in [-0.2, -0.15) is 12.6 Å². The SMILES string of the molecule is O=C(O)C1C=CCN2C(=O)C(CCS)C(=O)N12. The third kappa shape index (κ3) is 1.80. The Morgan fingerprint density at radius 3 is 2.76 bits per heavy atom. The highest BCUT2D eigenvalue weighted by atomic mass is 32.1. The molecule has 92 valence electrons. The number of aliphatic carboxylic acids is 1. The molecule has 0 aromatic heterocycles. The van der Waals surface area contributed by atoms with Gasteiger partial charge in [0, 0.05) is 0 Å². The normalized spacial score (nSPS) is 27.6. The number of thiol groups is 1. The second-order valence-corrected chi connectivity index (χ2v) is 4.33. The zero-order chi connectivity index (χ0) is 12.6. The van der Waals surface area contributed by atoms with Crippen molar-refractivity contribution in [2.75, 3.05) is 12.3 Å². The standard InChI is InChI=1S/C10H12N2O4S/c13-8-6(3-5-17)9(14)12-7(10(15)16)2-1-4-11(8)12/h1-2,6-7,17H,3-5H2,(H,15,16). The first-order valence-electron chi connectivity index (χ1n) is 5.22. The summed E-state index contributed by atoms with van der Waals surface area (Å²) in [6, 6.07) is -1.08. The molecule has 2 atom stereocenters. The Hall–Kier alpha value is -1.50. The number of fused-ring (bicyclic) bond motifs is 1. The molecule has 2 unspecified atom stereocenters. The lowest BCUT2D eigenvalue weighted by molar-refractivity contribution is -0.161. The second-order valence-electron chi connectivity index (χ2n) is 3.88. The van der Waals surface area contributed by atoms with E-state index in [1.807, 2.05) is 0 Å². The summed E-state index contributed by atoms with van der Waals surface area (Å²) in [4.78, 5) is 34.9. The highest BCUT2D eigenvalue weighted by Gasteiger charge is 2.49. The van der Waals surface area contributed by atoms with Crippen LogP contribution in [0.3, 0.4) is 0 Å². The van der Waals surface area contributed by atoms with E-state index >= 15 is 0 Å². The average molecular weight is 256 g/mol. The molecule has 0 radical (unpaired) electrons. The fourth-order valence-corrected chi connectivity index (χ4v) is 2.33. The molecule has 2 rings (SSSR count). The van der Waals surface area contributed by atoms with E-state index in [0.717, 1.165) is 5.01 Å². The number of hydrazine groups is 1. The van der Waals surface area contributed by atoms with Gasteiger partial charge < -0.3 is 5.11 Å². The van der Waals surface area contributed by atoms with Crippen molar-refractivity contribution in [2.24, 2.45) is 5.92 Å². The summed E-state index contributed by atoms with van der Waals surface area (Å²) < 4.78 is 0. The monoisotopic (exact) mass is 256 g/mol. The molecule has 0 aromatic carbocycles. The number of hydrogen-bond acceptors (Lipinski definition) is 4. The van der Waals surface area contributed by atoms with Crippen molar-refractivity contribution in [3.63, 3.8) is 0 Å². The Bertz CT molecular complexity index is 409. The highest BCUT2D eigenvalue weighted by Crippen LogP contribution is 2.28. The molecule has 0 spiro atoms. The Morgan fingerprint density at radius 1 is 1.47 bits per heavy atom. The van der Waals surface area contributed by atoms with E-state index in [1.165, 1.54) is 11.1 Å². The van der Waals surface area contributed by atoms with Gasteiger partial charge in [0.1, 0.15) is 5.92 Å². The molecule has 6 nitrogen and oxygen atoms in total. The van der Waals surface area contributed by atoms with Crippen LogP contribution in [-0.2, 0) is 14.4 Å². The Labute approximate surface area is 103 Å². The van der Waals surface area contributed by atoms with Crippen molar-refractivity contribution in [2.45, 2.75) is 12.5 Å². The van der Waals surface area contributed by atoms with Crippen molar-refractivity contribution in [3.05, 3.63) is 12.2 Å². The van der Waals surface area contributed by atoms with Crippen LogP contribution in [0.25, 0.3) is 0 Å². The first-order valence-corrected chi connectivity index (χ1v) is 5.86. The summed E-state index contributed by atoms with van der Waals surface area (Å²) in [7, 11) is 0. The van der Waals surface area contributed by atoms with Crippen LogP contribution < -0.4 is 0 Å². The van der Waals surface area contributed by atoms with Crippen LogP contribution in [0.4, 0.5) is 0 Å². The van der Waals surface area contributed by atoms with Crippen molar-refractivity contribution in [1.82, 2.24) is 10.0 Å². The van der Waals surface area contributed by atoms with E-state index < -0.39 is 23.8 Å². The molecule has 2 aliphatic rings. The van der Waals surface area contributed by atoms with Gasteiger partial charge in [0.05, 0.1) is 6.54 Å². The Kier molecular flexibility index (Phi) is 3.10. The van der Waals surface area contributed by atoms with Gasteiger partial charge in [-0.15, -0.1) is 0 Å². The zero-order valence-corrected chi connectivity index (χ0v) is 9.84. The average Bonchev–Trinajstić information content (AvgIpc) is 2.55. The van der Waals surface area contributed by atoms with Crippen LogP contribution in [0.5, 0.6) is 0 Å². The molecule has 17 heavy (non-hydrogen) atoms. The van der Waals surface area contributed by atoms with Gasteiger partial charge in [0.15, 0.2) is 6.04 Å². The number of nitrogens with zero attached hydrogens (tertiary/aromatic N) is 2. The fraction of sp³-hybridized carbons (Fsp3) is 0.500. The van der Waals surface area contributed by atoms with E-state index in [0.29, 0.717) is 12.2 Å². The van der Waals surface area contributed by atoms with Crippen LogP contribution in [0, 0.1) is 5.92 Å². The quantitative estimate of drug-likeness (QED) is 0.406. The lowest BCUT2D eigenvalue weighted by Crippen LogP contribution is -2.52. The summed E-state index contributed by atoms with van der Waals surface area (Å²) in [5.74, 6) is -2.29. The van der Waals surface area contributed by atoms with Gasteiger partial charge in [-0.1, -0.05) is 12.2 Å². The number of rotatable bonds is 3. The molecule has 1 N–H and O–H groups in total. The predicted octanol–water partition coefficient (Wildman–Crippen LogP) is -0.469. The third-order valence-electron chi connectivity index (χ3n) is 2.87. The molecule has 2 amide bonds. The van der Waals surface area contributed by atoms with Crippen LogP contribution in [-0.4, -0.2) is 51.2 Å². The molecule has 0 bridgehead atoms. The molecular weight excluding hydrogens is 244 g/mol. The zero-order valence-electron chi connectivity index (χ0n) is 8.94. The fourth-order valence-electron chi connectivity index (χ4n) is 2.07. The second kappa shape index (κ2) is 4.40. The summed E-state index contributed by atoms with van der Waals surface area (Å²) in [5.41, 5.74) is 0. The summed E-state index contributed by atoms with van der Waals surface area (Å²) in [5, 5.41) is 11.3. The highest BCUT2D eigenvalue weighted by molar-refractivity contribution is 7.80. The lowest BCUT2D eigenvalue weighted by Gasteiger charge is -2.33. The minimum absolute atomic E-state index is 0.247. The smallest absolute Gasteiger partial charge is 0.332 e. The number of amides is 2. The minimum Gasteiger partial charge on any atom is -0.479 e. The van der Waals surface area contributed by atoms with E-state index in [1.54, 1.807) is 6.08 Å². The van der Waals surface area contributed by atoms with E-state index in [4.69, 9.17) is 5.11 Å². The van der Waals surface area contributed by atoms with Gasteiger partial charge in [0.25, 0.3) is 11.8 Å². The van der Waals surface area contributed by atoms with E-state index in [-0.39, 0.29) is 12.5 Å². The molecule has 0 saturated carbocycles. The first-order chi connectivity index (χ1) is 8.07. The maximum atomic E-state index is 12.0. The first kappa shape index (κ1) is 12.0. The largest absolute Gasteiger partial charge is 0.479 e. The van der Waals surface area contributed by atoms with Crippen molar-refractivity contribution >= 4 is 30.4 Å². The molecular formula is C10H12N2O4S. The summed E-state index contributed by atoms with van der Waals surface area (Å²) in [6.45, 7) is 0.247. The molecule has 7 heteroatoms. The number of carbonyl (C=O) groups excluding carboxylic acids is 2. The number of hydrogen-bond donors (Lipinski definition) is 2. The molecule has 0 aliphatic carbocycles. The number of carbonyl (C=O) groups is 3. The van der Waals surface area contributed by atoms with E-state index in [2.05, 4.69) is 12.6 Å². The summed E-state index contributed by atoms with van der Waals surface area (Å²) in [6.07, 6.45) is 3.34. The van der Waals surface area contributed by atoms with Crippen molar-refractivity contribution in [1.29, 1.82) is 0 Å². The summed E-state index contributed by atoms with van der Waals surface area (Å²) >= 11 is 4.00. The van der Waals surface area contributed by atoms with Crippen LogP contribution in [0.15, 0.2) is 12.2 Å². The van der Waals surface area contributed by atoms with Crippen LogP contribution >= 0.6 is 12.6 Å². The topological polar surface area (TPSA) is 77.9 Å². The molecule has 0 aromatic rings. The predicted molar refractivity (Wildman–Crippen MR) is 61.1 cm³/mol. The van der Waals surface area contributed by atoms with Crippen molar-refractivity contribution in [3.8, 4) is 0 Å². The van der Waals surface area contributed by atoms with Gasteiger partial charge >= 0.3 is 5.97 Å². The molecule has 2 aliphatic heterocycles. The van der Waals surface area contributed by atoms with Crippen molar-refractivity contribution < 1.29 is 19.5 Å². The Morgan fingerprint density at radius 2 is 2.18 bits per heavy atom. The minimum atomic E-state index is -1.14. The van der Waals surface area contributed by atoms with Gasteiger partial charge in [-0.25, -0.2) is 14.8 Å². The number of carboxylic acid groups (broad SMARTS) is 1. The lowest BCUT2D eigenvalue weighted by atomic mass is 10.1. The van der Waals surface area contributed by atoms with Gasteiger partial charge in [0.2, 0.25) is 0 Å². The maximum absolute atomic E-state index is 12.0. The molecule has 1 fully saturated rings. The van der Waals surface area contributed by atoms with Crippen LogP contribution in [0.1, 0.15) is 6.42 Å². The van der Waals surface area contributed by atoms with Gasteiger partial charge in [-0.3, -0.25) is 9.59 Å². The van der Waals surface area contributed by atoms with E-state index in [9.17, 15) is 14.4 Å². The maximum Gasteiger partial charge on any atom is 0.332 e. The molecule has 2 heterocycles. The number of carboxylic acids is 1. The third-order valence-corrected chi connectivity index (χ3v) is 3.13. The Balaban J connectivity index is 2.31. The van der Waals surface area contributed by atoms with Crippen LogP contribution in [0.2, 0.25) is 0 Å². The molecule has 1 saturated heterocycles.